The van der Waals surface area contributed by atoms with Gasteiger partial charge in [-0.25, -0.2) is 9.97 Å². The molecule has 1 aromatic heterocycles. The maximum atomic E-state index is 4.19. The first-order valence-electron chi connectivity index (χ1n) is 5.99. The third-order valence-electron chi connectivity index (χ3n) is 3.22. The molecule has 4 nitrogen and oxygen atoms in total. The standard InChI is InChI=1S/C12H20N4/c1-16-6-3-11(4-7-16)8-14-9-12-2-5-13-10-15-12/h2,5,10-11,14H,3-4,6-9H2,1H3. The molecule has 1 aliphatic heterocycles. The highest BCUT2D eigenvalue weighted by atomic mass is 15.1. The van der Waals surface area contributed by atoms with Crippen molar-refractivity contribution in [2.24, 2.45) is 5.92 Å². The van der Waals surface area contributed by atoms with E-state index >= 15 is 0 Å². The van der Waals surface area contributed by atoms with Crippen LogP contribution in [-0.4, -0.2) is 41.5 Å². The molecule has 1 N–H and O–H groups in total. The van der Waals surface area contributed by atoms with Gasteiger partial charge in [0.05, 0.1) is 5.69 Å². The third kappa shape index (κ3) is 3.54. The Morgan fingerprint density at radius 1 is 1.44 bits per heavy atom. The van der Waals surface area contributed by atoms with Crippen LogP contribution in [0.5, 0.6) is 0 Å². The van der Waals surface area contributed by atoms with E-state index < -0.39 is 0 Å². The van der Waals surface area contributed by atoms with E-state index in [4.69, 9.17) is 0 Å². The fourth-order valence-electron chi connectivity index (χ4n) is 2.09. The lowest BCUT2D eigenvalue weighted by Gasteiger charge is -2.28. The molecule has 0 aromatic carbocycles. The Kier molecular flexibility index (Phi) is 4.25. The first-order chi connectivity index (χ1) is 7.84. The van der Waals surface area contributed by atoms with Crippen LogP contribution in [0, 0.1) is 5.92 Å². The highest BCUT2D eigenvalue weighted by Gasteiger charge is 2.15. The topological polar surface area (TPSA) is 41.0 Å². The van der Waals surface area contributed by atoms with Crippen LogP contribution >= 0.6 is 0 Å². The van der Waals surface area contributed by atoms with Gasteiger partial charge < -0.3 is 10.2 Å². The van der Waals surface area contributed by atoms with E-state index in [1.165, 1.54) is 25.9 Å². The van der Waals surface area contributed by atoms with E-state index in [2.05, 4.69) is 27.2 Å². The van der Waals surface area contributed by atoms with Crippen LogP contribution in [0.3, 0.4) is 0 Å². The van der Waals surface area contributed by atoms with Crippen LogP contribution in [0.25, 0.3) is 0 Å². The molecule has 0 atom stereocenters. The third-order valence-corrected chi connectivity index (χ3v) is 3.22. The predicted molar refractivity (Wildman–Crippen MR) is 64.0 cm³/mol. The van der Waals surface area contributed by atoms with Gasteiger partial charge in [0.2, 0.25) is 0 Å². The summed E-state index contributed by atoms with van der Waals surface area (Å²) < 4.78 is 0. The van der Waals surface area contributed by atoms with Crippen LogP contribution in [0.1, 0.15) is 18.5 Å². The second-order valence-corrected chi connectivity index (χ2v) is 4.58. The highest BCUT2D eigenvalue weighted by Crippen LogP contribution is 2.14. The molecule has 2 heterocycles. The van der Waals surface area contributed by atoms with Crippen LogP contribution in [0.4, 0.5) is 0 Å². The maximum absolute atomic E-state index is 4.19. The smallest absolute Gasteiger partial charge is 0.115 e. The molecule has 0 aliphatic carbocycles. The zero-order valence-electron chi connectivity index (χ0n) is 9.89. The van der Waals surface area contributed by atoms with Crippen molar-refractivity contribution in [1.82, 2.24) is 20.2 Å². The quantitative estimate of drug-likeness (QED) is 0.819. The highest BCUT2D eigenvalue weighted by molar-refractivity contribution is 4.96. The molecule has 0 radical (unpaired) electrons. The summed E-state index contributed by atoms with van der Waals surface area (Å²) in [5.74, 6) is 0.832. The number of hydrogen-bond donors (Lipinski definition) is 1. The minimum atomic E-state index is 0.832. The van der Waals surface area contributed by atoms with Gasteiger partial charge in [-0.3, -0.25) is 0 Å². The van der Waals surface area contributed by atoms with Crippen LogP contribution < -0.4 is 5.32 Å². The van der Waals surface area contributed by atoms with Gasteiger partial charge in [0.15, 0.2) is 0 Å². The molecule has 88 valence electrons. The molecular weight excluding hydrogens is 200 g/mol. The summed E-state index contributed by atoms with van der Waals surface area (Å²) in [6, 6.07) is 1.96. The molecule has 0 spiro atoms. The first kappa shape index (κ1) is 11.5. The van der Waals surface area contributed by atoms with E-state index in [0.717, 1.165) is 24.7 Å². The minimum Gasteiger partial charge on any atom is -0.311 e. The molecule has 0 bridgehead atoms. The normalized spacial score (nSPS) is 18.8. The Morgan fingerprint density at radius 3 is 2.94 bits per heavy atom. The first-order valence-corrected chi connectivity index (χ1v) is 5.99. The molecule has 0 unspecified atom stereocenters. The molecule has 4 heteroatoms. The molecule has 0 amide bonds. The van der Waals surface area contributed by atoms with Crippen molar-refractivity contribution in [1.29, 1.82) is 0 Å². The lowest BCUT2D eigenvalue weighted by atomic mass is 9.97. The van der Waals surface area contributed by atoms with Gasteiger partial charge in [-0.15, -0.1) is 0 Å². The van der Waals surface area contributed by atoms with Crippen molar-refractivity contribution in [3.05, 3.63) is 24.3 Å². The Labute approximate surface area is 97.1 Å². The lowest BCUT2D eigenvalue weighted by molar-refractivity contribution is 0.216. The Morgan fingerprint density at radius 2 is 2.25 bits per heavy atom. The van der Waals surface area contributed by atoms with Crippen molar-refractivity contribution in [2.45, 2.75) is 19.4 Å². The summed E-state index contributed by atoms with van der Waals surface area (Å²) in [4.78, 5) is 10.5. The molecule has 16 heavy (non-hydrogen) atoms. The predicted octanol–water partition coefficient (Wildman–Crippen LogP) is 0.908. The Bertz CT molecular complexity index is 293. The molecule has 2 rings (SSSR count). The van der Waals surface area contributed by atoms with E-state index in [9.17, 15) is 0 Å². The number of piperidine rings is 1. The number of likely N-dealkylation sites (tertiary alicyclic amines) is 1. The summed E-state index contributed by atoms with van der Waals surface area (Å²) in [6.07, 6.45) is 6.02. The lowest BCUT2D eigenvalue weighted by Crippen LogP contribution is -2.34. The van der Waals surface area contributed by atoms with Gasteiger partial charge in [0, 0.05) is 12.7 Å². The summed E-state index contributed by atoms with van der Waals surface area (Å²) in [5.41, 5.74) is 1.07. The van der Waals surface area contributed by atoms with Gasteiger partial charge in [0.25, 0.3) is 0 Å². The van der Waals surface area contributed by atoms with Crippen LogP contribution in [-0.2, 0) is 6.54 Å². The van der Waals surface area contributed by atoms with Gasteiger partial charge in [-0.2, -0.15) is 0 Å². The van der Waals surface area contributed by atoms with Gasteiger partial charge >= 0.3 is 0 Å². The Balaban J connectivity index is 1.65. The van der Waals surface area contributed by atoms with Crippen LogP contribution in [0.2, 0.25) is 0 Å². The number of nitrogens with one attached hydrogen (secondary N) is 1. The monoisotopic (exact) mass is 220 g/mol. The van der Waals surface area contributed by atoms with Gasteiger partial charge in [0.1, 0.15) is 6.33 Å². The zero-order valence-corrected chi connectivity index (χ0v) is 9.89. The SMILES string of the molecule is CN1CCC(CNCc2ccncn2)CC1. The zero-order chi connectivity index (χ0) is 11.2. The Hall–Kier alpha value is -1.00. The number of nitrogens with zero attached hydrogens (tertiary/aromatic N) is 3. The molecule has 1 saturated heterocycles. The van der Waals surface area contributed by atoms with E-state index in [-0.39, 0.29) is 0 Å². The average molecular weight is 220 g/mol. The molecule has 1 aliphatic rings. The van der Waals surface area contributed by atoms with Crippen LogP contribution in [0.15, 0.2) is 18.6 Å². The number of aromatic nitrogens is 2. The van der Waals surface area contributed by atoms with E-state index in [1.54, 1.807) is 12.5 Å². The van der Waals surface area contributed by atoms with Crippen molar-refractivity contribution in [2.75, 3.05) is 26.7 Å². The molecular formula is C12H20N4. The fourth-order valence-corrected chi connectivity index (χ4v) is 2.09. The number of rotatable bonds is 4. The summed E-state index contributed by atoms with van der Waals surface area (Å²) in [7, 11) is 2.20. The van der Waals surface area contributed by atoms with E-state index in [1.807, 2.05) is 6.07 Å². The van der Waals surface area contributed by atoms with E-state index in [0.29, 0.717) is 0 Å². The second kappa shape index (κ2) is 5.92. The fraction of sp³-hybridized carbons (Fsp3) is 0.667. The molecule has 1 fully saturated rings. The van der Waals surface area contributed by atoms with Gasteiger partial charge in [-0.1, -0.05) is 0 Å². The maximum Gasteiger partial charge on any atom is 0.115 e. The van der Waals surface area contributed by atoms with Crippen molar-refractivity contribution in [3.8, 4) is 0 Å². The summed E-state index contributed by atoms with van der Waals surface area (Å²) in [5, 5.41) is 3.48. The number of hydrogen-bond acceptors (Lipinski definition) is 4. The minimum absolute atomic E-state index is 0.832. The summed E-state index contributed by atoms with van der Waals surface area (Å²) >= 11 is 0. The van der Waals surface area contributed by atoms with Crippen molar-refractivity contribution >= 4 is 0 Å². The summed E-state index contributed by atoms with van der Waals surface area (Å²) in [6.45, 7) is 4.44. The second-order valence-electron chi connectivity index (χ2n) is 4.58. The largest absolute Gasteiger partial charge is 0.311 e. The molecule has 1 aromatic rings. The van der Waals surface area contributed by atoms with Gasteiger partial charge in [-0.05, 0) is 51.5 Å². The van der Waals surface area contributed by atoms with Crippen molar-refractivity contribution < 1.29 is 0 Å². The van der Waals surface area contributed by atoms with Crippen molar-refractivity contribution in [3.63, 3.8) is 0 Å². The average Bonchev–Trinajstić information content (AvgIpc) is 2.33. The molecule has 0 saturated carbocycles.